The maximum atomic E-state index is 12.4. The van der Waals surface area contributed by atoms with Gasteiger partial charge < -0.3 is 10.1 Å². The second-order valence-electron chi connectivity index (χ2n) is 5.95. The molecular weight excluding hydrogens is 382 g/mol. The first-order chi connectivity index (χ1) is 13.0. The van der Waals surface area contributed by atoms with Crippen molar-refractivity contribution in [2.75, 3.05) is 6.61 Å². The predicted octanol–water partition coefficient (Wildman–Crippen LogP) is 4.89. The van der Waals surface area contributed by atoms with Crippen molar-refractivity contribution in [3.63, 3.8) is 0 Å². The number of nitrogens with one attached hydrogen (secondary N) is 1. The number of carbonyl (C=O) groups excluding carboxylic acids is 2. The lowest BCUT2D eigenvalue weighted by Gasteiger charge is -2.13. The van der Waals surface area contributed by atoms with Crippen LogP contribution in [0.25, 0.3) is 0 Å². The molecule has 27 heavy (non-hydrogen) atoms. The van der Waals surface area contributed by atoms with Crippen molar-refractivity contribution in [2.24, 2.45) is 0 Å². The lowest BCUT2D eigenvalue weighted by Crippen LogP contribution is -2.30. The second-order valence-corrected chi connectivity index (χ2v) is 7.37. The van der Waals surface area contributed by atoms with E-state index in [2.05, 4.69) is 5.32 Å². The van der Waals surface area contributed by atoms with Gasteiger partial charge in [-0.25, -0.2) is 0 Å². The highest BCUT2D eigenvalue weighted by Crippen LogP contribution is 2.19. The first-order valence-electron chi connectivity index (χ1n) is 8.39. The summed E-state index contributed by atoms with van der Waals surface area (Å²) in [5, 5.41) is 5.45. The zero-order chi connectivity index (χ0) is 19.2. The maximum Gasteiger partial charge on any atom is 0.258 e. The van der Waals surface area contributed by atoms with Crippen molar-refractivity contribution in [3.8, 4) is 5.75 Å². The lowest BCUT2D eigenvalue weighted by atomic mass is 10.0. The molecule has 1 unspecified atom stereocenters. The Morgan fingerprint density at radius 1 is 1.04 bits per heavy atom. The highest BCUT2D eigenvalue weighted by Gasteiger charge is 2.12. The van der Waals surface area contributed by atoms with Crippen LogP contribution in [0, 0.1) is 0 Å². The van der Waals surface area contributed by atoms with Gasteiger partial charge in [-0.15, -0.1) is 11.3 Å². The second kappa shape index (κ2) is 8.84. The first-order valence-corrected chi connectivity index (χ1v) is 9.64. The normalized spacial score (nSPS) is 11.6. The van der Waals surface area contributed by atoms with E-state index in [0.717, 1.165) is 4.88 Å². The molecule has 0 aliphatic carbocycles. The summed E-state index contributed by atoms with van der Waals surface area (Å²) in [7, 11) is 0. The molecule has 0 saturated carbocycles. The number of ketones is 1. The average molecular weight is 400 g/mol. The van der Waals surface area contributed by atoms with Crippen LogP contribution in [0.15, 0.2) is 66.0 Å². The topological polar surface area (TPSA) is 55.4 Å². The van der Waals surface area contributed by atoms with Crippen LogP contribution in [-0.2, 0) is 4.79 Å². The van der Waals surface area contributed by atoms with Gasteiger partial charge in [0.05, 0.1) is 6.04 Å². The fraction of sp³-hybridized carbons (Fsp3) is 0.143. The number of thiophene rings is 1. The van der Waals surface area contributed by atoms with Gasteiger partial charge in [-0.1, -0.05) is 17.7 Å². The van der Waals surface area contributed by atoms with Crippen molar-refractivity contribution in [3.05, 3.63) is 87.1 Å². The molecule has 1 heterocycles. The van der Waals surface area contributed by atoms with Crippen LogP contribution < -0.4 is 10.1 Å². The van der Waals surface area contributed by atoms with Gasteiger partial charge in [0.25, 0.3) is 5.91 Å². The van der Waals surface area contributed by atoms with Crippen LogP contribution in [0.2, 0.25) is 5.02 Å². The molecule has 4 nitrogen and oxygen atoms in total. The largest absolute Gasteiger partial charge is 0.484 e. The van der Waals surface area contributed by atoms with Crippen LogP contribution in [0.1, 0.15) is 33.8 Å². The van der Waals surface area contributed by atoms with Gasteiger partial charge in [0, 0.05) is 21.0 Å². The molecule has 1 N–H and O–H groups in total. The van der Waals surface area contributed by atoms with E-state index >= 15 is 0 Å². The SMILES string of the molecule is CC(NC(=O)COc1ccc(C(=O)c2ccc(Cl)cc2)cc1)c1cccs1. The Bertz CT molecular complexity index is 906. The standard InChI is InChI=1S/C21H18ClNO3S/c1-14(19-3-2-12-27-19)23-20(24)13-26-18-10-6-16(7-11-18)21(25)15-4-8-17(22)9-5-15/h2-12,14H,13H2,1H3,(H,23,24). The van der Waals surface area contributed by atoms with Gasteiger partial charge >= 0.3 is 0 Å². The van der Waals surface area contributed by atoms with Crippen molar-refractivity contribution < 1.29 is 14.3 Å². The van der Waals surface area contributed by atoms with E-state index < -0.39 is 0 Å². The maximum absolute atomic E-state index is 12.4. The molecule has 3 aromatic rings. The van der Waals surface area contributed by atoms with Crippen molar-refractivity contribution >= 4 is 34.6 Å². The summed E-state index contributed by atoms with van der Waals surface area (Å²) in [6, 6.07) is 17.3. The Morgan fingerprint density at radius 3 is 2.26 bits per heavy atom. The third kappa shape index (κ3) is 5.18. The molecule has 3 rings (SSSR count). The third-order valence-electron chi connectivity index (χ3n) is 3.94. The Hall–Kier alpha value is -2.63. The zero-order valence-corrected chi connectivity index (χ0v) is 16.2. The molecule has 0 spiro atoms. The van der Waals surface area contributed by atoms with E-state index in [4.69, 9.17) is 16.3 Å². The Morgan fingerprint density at radius 2 is 1.67 bits per heavy atom. The molecule has 0 saturated heterocycles. The Labute approximate surface area is 166 Å². The van der Waals surface area contributed by atoms with Crippen LogP contribution in [0.3, 0.4) is 0 Å². The van der Waals surface area contributed by atoms with Crippen LogP contribution in [0.5, 0.6) is 5.75 Å². The van der Waals surface area contributed by atoms with Gasteiger partial charge in [-0.3, -0.25) is 9.59 Å². The number of halogens is 1. The number of amides is 1. The van der Waals surface area contributed by atoms with E-state index in [1.807, 2.05) is 24.4 Å². The summed E-state index contributed by atoms with van der Waals surface area (Å²) in [5.74, 6) is 0.236. The quantitative estimate of drug-likeness (QED) is 0.575. The smallest absolute Gasteiger partial charge is 0.258 e. The number of benzene rings is 2. The van der Waals surface area contributed by atoms with E-state index in [1.54, 1.807) is 59.9 Å². The van der Waals surface area contributed by atoms with E-state index in [-0.39, 0.29) is 24.3 Å². The molecular formula is C21H18ClNO3S. The fourth-order valence-electron chi connectivity index (χ4n) is 2.51. The van der Waals surface area contributed by atoms with Crippen LogP contribution in [-0.4, -0.2) is 18.3 Å². The van der Waals surface area contributed by atoms with Gasteiger partial charge in [0.1, 0.15) is 5.75 Å². The molecule has 6 heteroatoms. The van der Waals surface area contributed by atoms with E-state index in [9.17, 15) is 9.59 Å². The van der Waals surface area contributed by atoms with E-state index in [1.165, 1.54) is 0 Å². The number of hydrogen-bond acceptors (Lipinski definition) is 4. The van der Waals surface area contributed by atoms with Crippen molar-refractivity contribution in [1.29, 1.82) is 0 Å². The summed E-state index contributed by atoms with van der Waals surface area (Å²) in [5.41, 5.74) is 1.11. The minimum atomic E-state index is -0.197. The summed E-state index contributed by atoms with van der Waals surface area (Å²) >= 11 is 7.44. The van der Waals surface area contributed by atoms with Crippen LogP contribution in [0.4, 0.5) is 0 Å². The van der Waals surface area contributed by atoms with Gasteiger partial charge in [-0.05, 0) is 66.9 Å². The number of ether oxygens (including phenoxy) is 1. The molecule has 2 aromatic carbocycles. The monoisotopic (exact) mass is 399 g/mol. The van der Waals surface area contributed by atoms with Gasteiger partial charge in [0.2, 0.25) is 0 Å². The summed E-state index contributed by atoms with van der Waals surface area (Å²) < 4.78 is 5.50. The molecule has 0 bridgehead atoms. The summed E-state index contributed by atoms with van der Waals surface area (Å²) in [6.45, 7) is 1.85. The molecule has 0 fully saturated rings. The predicted molar refractivity (Wildman–Crippen MR) is 108 cm³/mol. The molecule has 1 atom stereocenters. The van der Waals surface area contributed by atoms with E-state index in [0.29, 0.717) is 21.9 Å². The van der Waals surface area contributed by atoms with Gasteiger partial charge in [0.15, 0.2) is 12.4 Å². The minimum Gasteiger partial charge on any atom is -0.484 e. The minimum absolute atomic E-state index is 0.0551. The Balaban J connectivity index is 1.53. The Kier molecular flexibility index (Phi) is 6.27. The summed E-state index contributed by atoms with van der Waals surface area (Å²) in [6.07, 6.45) is 0. The van der Waals surface area contributed by atoms with Crippen LogP contribution >= 0.6 is 22.9 Å². The molecule has 138 valence electrons. The number of hydrogen-bond donors (Lipinski definition) is 1. The highest BCUT2D eigenvalue weighted by molar-refractivity contribution is 7.10. The third-order valence-corrected chi connectivity index (χ3v) is 5.25. The molecule has 1 aromatic heterocycles. The molecule has 1 amide bonds. The average Bonchev–Trinajstić information content (AvgIpc) is 3.22. The summed E-state index contributed by atoms with van der Waals surface area (Å²) in [4.78, 5) is 25.5. The number of carbonyl (C=O) groups is 2. The van der Waals surface area contributed by atoms with Gasteiger partial charge in [-0.2, -0.15) is 0 Å². The first kappa shape index (κ1) is 19.1. The van der Waals surface area contributed by atoms with Crippen molar-refractivity contribution in [2.45, 2.75) is 13.0 Å². The molecule has 0 aliphatic rings. The molecule has 0 radical (unpaired) electrons. The zero-order valence-electron chi connectivity index (χ0n) is 14.6. The lowest BCUT2D eigenvalue weighted by molar-refractivity contribution is -0.123. The highest BCUT2D eigenvalue weighted by atomic mass is 35.5. The fourth-order valence-corrected chi connectivity index (χ4v) is 3.37. The molecule has 0 aliphatic heterocycles. The van der Waals surface area contributed by atoms with Crippen molar-refractivity contribution in [1.82, 2.24) is 5.32 Å². The number of rotatable bonds is 7.